The number of nitrogens with zero attached hydrogens (tertiary/aromatic N) is 2. The molecule has 4 nitrogen and oxygen atoms in total. The third-order valence-corrected chi connectivity index (χ3v) is 0.991. The molecular weight excluding hydrogens is 128 g/mol. The van der Waals surface area contributed by atoms with Crippen LogP contribution in [0.1, 0.15) is 12.7 Å². The lowest BCUT2D eigenvalue weighted by atomic mass is 10.3. The van der Waals surface area contributed by atoms with Crippen LogP contribution in [-0.2, 0) is 0 Å². The normalized spacial score (nSPS) is 14.2. The first-order valence-corrected chi connectivity index (χ1v) is 3.08. The van der Waals surface area contributed by atoms with Gasteiger partial charge < -0.3 is 5.73 Å². The van der Waals surface area contributed by atoms with Crippen LogP contribution in [0.5, 0.6) is 0 Å². The number of hydrogen-bond donors (Lipinski definition) is 2. The highest BCUT2D eigenvalue weighted by atomic mass is 15.2. The quantitative estimate of drug-likeness (QED) is 0.612. The summed E-state index contributed by atoms with van der Waals surface area (Å²) >= 11 is 0. The molecule has 0 aliphatic carbocycles. The Balaban J connectivity index is 2.55. The van der Waals surface area contributed by atoms with E-state index in [0.717, 1.165) is 5.82 Å². The van der Waals surface area contributed by atoms with Crippen LogP contribution in [0.15, 0.2) is 12.4 Å². The van der Waals surface area contributed by atoms with Gasteiger partial charge in [0.25, 0.3) is 0 Å². The van der Waals surface area contributed by atoms with Gasteiger partial charge in [-0.05, 0) is 13.0 Å². The molecule has 0 bridgehead atoms. The van der Waals surface area contributed by atoms with Crippen LogP contribution in [0, 0.1) is 0 Å². The minimum absolute atomic E-state index is 0.0603. The molecule has 0 spiro atoms. The lowest BCUT2D eigenvalue weighted by Gasteiger charge is -1.90. The first-order valence-electron chi connectivity index (χ1n) is 3.08. The van der Waals surface area contributed by atoms with Gasteiger partial charge in [-0.3, -0.25) is 5.10 Å². The van der Waals surface area contributed by atoms with Crippen LogP contribution in [0.2, 0.25) is 0 Å². The van der Waals surface area contributed by atoms with E-state index >= 15 is 0 Å². The second kappa shape index (κ2) is 3.12. The number of aromatic nitrogens is 3. The van der Waals surface area contributed by atoms with Gasteiger partial charge in [0.15, 0.2) is 0 Å². The highest BCUT2D eigenvalue weighted by Crippen LogP contribution is 1.90. The Morgan fingerprint density at radius 1 is 1.80 bits per heavy atom. The van der Waals surface area contributed by atoms with Gasteiger partial charge in [-0.15, -0.1) is 0 Å². The molecule has 1 unspecified atom stereocenters. The minimum atomic E-state index is 0.0603. The van der Waals surface area contributed by atoms with E-state index in [1.807, 2.05) is 13.0 Å². The van der Waals surface area contributed by atoms with Gasteiger partial charge in [0.2, 0.25) is 0 Å². The molecule has 1 aromatic rings. The molecule has 0 radical (unpaired) electrons. The van der Waals surface area contributed by atoms with Crippen LogP contribution in [0.3, 0.4) is 0 Å². The lowest BCUT2D eigenvalue weighted by Crippen LogP contribution is -2.09. The van der Waals surface area contributed by atoms with E-state index in [4.69, 9.17) is 5.73 Å². The highest BCUT2D eigenvalue weighted by Gasteiger charge is 1.87. The second-order valence-corrected chi connectivity index (χ2v) is 2.09. The molecule has 54 valence electrons. The van der Waals surface area contributed by atoms with Crippen molar-refractivity contribution in [2.24, 2.45) is 5.73 Å². The summed E-state index contributed by atoms with van der Waals surface area (Å²) in [4.78, 5) is 3.88. The van der Waals surface area contributed by atoms with Gasteiger partial charge in [-0.25, -0.2) is 4.98 Å². The number of aromatic amines is 1. The van der Waals surface area contributed by atoms with Gasteiger partial charge >= 0.3 is 0 Å². The van der Waals surface area contributed by atoms with Gasteiger partial charge in [-0.1, -0.05) is 6.08 Å². The summed E-state index contributed by atoms with van der Waals surface area (Å²) in [6.45, 7) is 1.90. The standard InChI is InChI=1S/C6H10N4/c1-5(7)2-3-6-8-4-9-10-6/h2-5H,7H2,1H3,(H,8,9,10)/b3-2+. The average molecular weight is 138 g/mol. The van der Waals surface area contributed by atoms with Crippen molar-refractivity contribution >= 4 is 6.08 Å². The number of rotatable bonds is 2. The number of H-pyrrole nitrogens is 1. The van der Waals surface area contributed by atoms with E-state index in [9.17, 15) is 0 Å². The van der Waals surface area contributed by atoms with E-state index in [-0.39, 0.29) is 6.04 Å². The topological polar surface area (TPSA) is 67.6 Å². The average Bonchev–Trinajstić information content (AvgIpc) is 2.34. The van der Waals surface area contributed by atoms with Crippen molar-refractivity contribution in [1.29, 1.82) is 0 Å². The number of hydrogen-bond acceptors (Lipinski definition) is 3. The largest absolute Gasteiger partial charge is 0.325 e. The Bertz CT molecular complexity index is 200. The zero-order chi connectivity index (χ0) is 7.40. The van der Waals surface area contributed by atoms with Crippen LogP contribution in [-0.4, -0.2) is 21.2 Å². The maximum atomic E-state index is 5.46. The Hall–Kier alpha value is -1.16. The molecule has 0 aliphatic heterocycles. The lowest BCUT2D eigenvalue weighted by molar-refractivity contribution is 0.929. The number of nitrogens with one attached hydrogen (secondary N) is 1. The zero-order valence-corrected chi connectivity index (χ0v) is 5.78. The predicted molar refractivity (Wildman–Crippen MR) is 39.1 cm³/mol. The second-order valence-electron chi connectivity index (χ2n) is 2.09. The summed E-state index contributed by atoms with van der Waals surface area (Å²) in [6, 6.07) is 0.0603. The van der Waals surface area contributed by atoms with Crippen molar-refractivity contribution in [2.45, 2.75) is 13.0 Å². The van der Waals surface area contributed by atoms with E-state index < -0.39 is 0 Å². The Kier molecular flexibility index (Phi) is 2.17. The molecule has 1 atom stereocenters. The monoisotopic (exact) mass is 138 g/mol. The maximum Gasteiger partial charge on any atom is 0.147 e. The minimum Gasteiger partial charge on any atom is -0.325 e. The molecule has 1 aromatic heterocycles. The summed E-state index contributed by atoms with van der Waals surface area (Å²) in [5, 5.41) is 6.36. The SMILES string of the molecule is CC(N)/C=C/c1ncn[nH]1. The zero-order valence-electron chi connectivity index (χ0n) is 5.78. The molecule has 1 rings (SSSR count). The fourth-order valence-corrected chi connectivity index (χ4v) is 0.538. The summed E-state index contributed by atoms with van der Waals surface area (Å²) < 4.78 is 0. The highest BCUT2D eigenvalue weighted by molar-refractivity contribution is 5.39. The fraction of sp³-hybridized carbons (Fsp3) is 0.333. The summed E-state index contributed by atoms with van der Waals surface area (Å²) in [7, 11) is 0. The van der Waals surface area contributed by atoms with Crippen molar-refractivity contribution in [3.05, 3.63) is 18.2 Å². The van der Waals surface area contributed by atoms with Crippen LogP contribution in [0.4, 0.5) is 0 Å². The van der Waals surface area contributed by atoms with Gasteiger partial charge in [-0.2, -0.15) is 5.10 Å². The fourth-order valence-electron chi connectivity index (χ4n) is 0.538. The van der Waals surface area contributed by atoms with Crippen molar-refractivity contribution in [3.8, 4) is 0 Å². The molecule has 0 aromatic carbocycles. The van der Waals surface area contributed by atoms with Crippen molar-refractivity contribution < 1.29 is 0 Å². The van der Waals surface area contributed by atoms with E-state index in [1.165, 1.54) is 6.33 Å². The van der Waals surface area contributed by atoms with Crippen molar-refractivity contribution in [2.75, 3.05) is 0 Å². The first kappa shape index (κ1) is 6.95. The van der Waals surface area contributed by atoms with Gasteiger partial charge in [0.05, 0.1) is 0 Å². The first-order chi connectivity index (χ1) is 4.79. The molecule has 4 heteroatoms. The molecular formula is C6H10N4. The van der Waals surface area contributed by atoms with Crippen LogP contribution >= 0.6 is 0 Å². The van der Waals surface area contributed by atoms with Crippen LogP contribution in [0.25, 0.3) is 6.08 Å². The molecule has 0 saturated carbocycles. The summed E-state index contributed by atoms with van der Waals surface area (Å²) in [6.07, 6.45) is 5.11. The van der Waals surface area contributed by atoms with E-state index in [1.54, 1.807) is 6.08 Å². The molecule has 0 amide bonds. The third-order valence-electron chi connectivity index (χ3n) is 0.991. The smallest absolute Gasteiger partial charge is 0.147 e. The van der Waals surface area contributed by atoms with Crippen molar-refractivity contribution in [1.82, 2.24) is 15.2 Å². The Labute approximate surface area is 59.2 Å². The molecule has 3 N–H and O–H groups in total. The van der Waals surface area contributed by atoms with Gasteiger partial charge in [0, 0.05) is 6.04 Å². The Morgan fingerprint density at radius 3 is 3.10 bits per heavy atom. The molecule has 1 heterocycles. The predicted octanol–water partition coefficient (Wildman–Crippen LogP) is 0.165. The Morgan fingerprint density at radius 2 is 2.60 bits per heavy atom. The molecule has 0 aliphatic rings. The van der Waals surface area contributed by atoms with Crippen LogP contribution < -0.4 is 5.73 Å². The van der Waals surface area contributed by atoms with Gasteiger partial charge in [0.1, 0.15) is 12.2 Å². The van der Waals surface area contributed by atoms with E-state index in [0.29, 0.717) is 0 Å². The number of nitrogens with two attached hydrogens (primary N) is 1. The summed E-state index contributed by atoms with van der Waals surface area (Å²) in [5.41, 5.74) is 5.46. The third kappa shape index (κ3) is 1.99. The van der Waals surface area contributed by atoms with E-state index in [2.05, 4.69) is 15.2 Å². The van der Waals surface area contributed by atoms with Crippen molar-refractivity contribution in [3.63, 3.8) is 0 Å². The molecule has 0 fully saturated rings. The maximum absolute atomic E-state index is 5.46. The summed E-state index contributed by atoms with van der Waals surface area (Å²) in [5.74, 6) is 0.734. The molecule has 10 heavy (non-hydrogen) atoms. The molecule has 0 saturated heterocycles.